The van der Waals surface area contributed by atoms with Crippen molar-refractivity contribution >= 4 is 0 Å². The highest BCUT2D eigenvalue weighted by Gasteiger charge is 2.37. The fourth-order valence-electron chi connectivity index (χ4n) is 4.40. The number of hydrogen-bond donors (Lipinski definition) is 1. The molecule has 0 spiro atoms. The Kier molecular flexibility index (Phi) is 5.32. The van der Waals surface area contributed by atoms with Gasteiger partial charge in [-0.3, -0.25) is 4.90 Å². The van der Waals surface area contributed by atoms with E-state index in [-0.39, 0.29) is 23.9 Å². The standard InChI is InChI=1S/C22H27FN2O2/c1-26-17-9-11-21(19(23)13-17)27-22-18-7-3-2-5-15(18)8-10-20(22)25-12-4-6-16(24)14-25/h2-3,5,7,9,11,13,16,20,22H,4,6,8,10,12,14,24H2,1H3/t16-,20+,22+/m1/s1. The molecule has 0 amide bonds. The molecule has 1 aliphatic heterocycles. The Morgan fingerprint density at radius 1 is 1.15 bits per heavy atom. The van der Waals surface area contributed by atoms with Crippen molar-refractivity contribution in [1.29, 1.82) is 0 Å². The molecule has 2 aliphatic rings. The van der Waals surface area contributed by atoms with Crippen molar-refractivity contribution in [3.8, 4) is 11.5 Å². The molecular weight excluding hydrogens is 343 g/mol. The quantitative estimate of drug-likeness (QED) is 0.892. The van der Waals surface area contributed by atoms with Crippen molar-refractivity contribution in [1.82, 2.24) is 4.90 Å². The van der Waals surface area contributed by atoms with Gasteiger partial charge in [0.2, 0.25) is 0 Å². The zero-order valence-corrected chi connectivity index (χ0v) is 15.7. The second-order valence-electron chi connectivity index (χ2n) is 7.54. The molecule has 1 saturated heterocycles. The first kappa shape index (κ1) is 18.3. The molecule has 4 nitrogen and oxygen atoms in total. The molecule has 27 heavy (non-hydrogen) atoms. The smallest absolute Gasteiger partial charge is 0.168 e. The van der Waals surface area contributed by atoms with Crippen LogP contribution >= 0.6 is 0 Å². The van der Waals surface area contributed by atoms with E-state index in [0.29, 0.717) is 5.75 Å². The van der Waals surface area contributed by atoms with E-state index >= 15 is 0 Å². The average molecular weight is 370 g/mol. The Labute approximate surface area is 160 Å². The normalized spacial score (nSPS) is 25.7. The molecule has 0 aromatic heterocycles. The number of benzene rings is 2. The van der Waals surface area contributed by atoms with E-state index in [1.165, 1.54) is 18.7 Å². The Morgan fingerprint density at radius 3 is 2.78 bits per heavy atom. The van der Waals surface area contributed by atoms with Crippen molar-refractivity contribution in [3.63, 3.8) is 0 Å². The molecule has 1 aliphatic carbocycles. The van der Waals surface area contributed by atoms with Crippen LogP contribution in [0.15, 0.2) is 42.5 Å². The summed E-state index contributed by atoms with van der Waals surface area (Å²) in [5.74, 6) is 0.359. The number of hydrogen-bond acceptors (Lipinski definition) is 4. The highest BCUT2D eigenvalue weighted by Crippen LogP contribution is 2.38. The van der Waals surface area contributed by atoms with Gasteiger partial charge in [-0.2, -0.15) is 0 Å². The molecule has 2 aromatic carbocycles. The fourth-order valence-corrected chi connectivity index (χ4v) is 4.40. The monoisotopic (exact) mass is 370 g/mol. The summed E-state index contributed by atoms with van der Waals surface area (Å²) in [6.07, 6.45) is 3.97. The molecule has 144 valence electrons. The Hall–Kier alpha value is -2.11. The van der Waals surface area contributed by atoms with Gasteiger partial charge in [0, 0.05) is 18.7 Å². The summed E-state index contributed by atoms with van der Waals surface area (Å²) in [7, 11) is 1.53. The number of piperidine rings is 1. The first-order valence-electron chi connectivity index (χ1n) is 9.73. The van der Waals surface area contributed by atoms with E-state index in [2.05, 4.69) is 23.1 Å². The highest BCUT2D eigenvalue weighted by atomic mass is 19.1. The minimum absolute atomic E-state index is 0.202. The van der Waals surface area contributed by atoms with Crippen molar-refractivity contribution in [2.45, 2.75) is 43.9 Å². The van der Waals surface area contributed by atoms with Gasteiger partial charge < -0.3 is 15.2 Å². The topological polar surface area (TPSA) is 47.7 Å². The third-order valence-corrected chi connectivity index (χ3v) is 5.77. The predicted molar refractivity (Wildman–Crippen MR) is 104 cm³/mol. The number of rotatable bonds is 4. The Bertz CT molecular complexity index is 798. The summed E-state index contributed by atoms with van der Waals surface area (Å²) in [4.78, 5) is 2.44. The third-order valence-electron chi connectivity index (χ3n) is 5.77. The van der Waals surface area contributed by atoms with Gasteiger partial charge in [-0.25, -0.2) is 4.39 Å². The number of nitrogens with two attached hydrogens (primary N) is 1. The van der Waals surface area contributed by atoms with Crippen LogP contribution in [0.2, 0.25) is 0 Å². The van der Waals surface area contributed by atoms with Crippen LogP contribution in [0.25, 0.3) is 0 Å². The van der Waals surface area contributed by atoms with Crippen molar-refractivity contribution in [3.05, 3.63) is 59.4 Å². The van der Waals surface area contributed by atoms with Crippen LogP contribution in [0.4, 0.5) is 4.39 Å². The van der Waals surface area contributed by atoms with Crippen LogP contribution < -0.4 is 15.2 Å². The van der Waals surface area contributed by atoms with Crippen molar-refractivity contribution < 1.29 is 13.9 Å². The van der Waals surface area contributed by atoms with Crippen LogP contribution in [-0.2, 0) is 6.42 Å². The second kappa shape index (κ2) is 7.87. The number of nitrogens with zero attached hydrogens (tertiary/aromatic N) is 1. The zero-order chi connectivity index (χ0) is 18.8. The molecule has 0 saturated carbocycles. The molecular formula is C22H27FN2O2. The Morgan fingerprint density at radius 2 is 2.00 bits per heavy atom. The number of likely N-dealkylation sites (tertiary alicyclic amines) is 1. The summed E-state index contributed by atoms with van der Waals surface area (Å²) in [5, 5.41) is 0. The van der Waals surface area contributed by atoms with Crippen LogP contribution in [0.1, 0.15) is 36.5 Å². The zero-order valence-electron chi connectivity index (χ0n) is 15.7. The number of halogens is 1. The summed E-state index contributed by atoms with van der Waals surface area (Å²) < 4.78 is 26.0. The Balaban J connectivity index is 1.66. The molecule has 2 N–H and O–H groups in total. The molecule has 2 aromatic rings. The van der Waals surface area contributed by atoms with Crippen LogP contribution in [0.5, 0.6) is 11.5 Å². The fraction of sp³-hybridized carbons (Fsp3) is 0.455. The van der Waals surface area contributed by atoms with Gasteiger partial charge in [-0.1, -0.05) is 24.3 Å². The van der Waals surface area contributed by atoms with Crippen molar-refractivity contribution in [2.75, 3.05) is 20.2 Å². The summed E-state index contributed by atoms with van der Waals surface area (Å²) in [6, 6.07) is 13.5. The van der Waals surface area contributed by atoms with Crippen molar-refractivity contribution in [2.24, 2.45) is 5.73 Å². The summed E-state index contributed by atoms with van der Waals surface area (Å²) >= 11 is 0. The molecule has 5 heteroatoms. The lowest BCUT2D eigenvalue weighted by molar-refractivity contribution is 0.0347. The van der Waals surface area contributed by atoms with Gasteiger partial charge in [-0.15, -0.1) is 0 Å². The molecule has 1 heterocycles. The predicted octanol–water partition coefficient (Wildman–Crippen LogP) is 3.69. The molecule has 4 rings (SSSR count). The highest BCUT2D eigenvalue weighted by molar-refractivity contribution is 5.37. The maximum atomic E-state index is 14.6. The number of aryl methyl sites for hydroxylation is 1. The van der Waals surface area contributed by atoms with Gasteiger partial charge in [0.25, 0.3) is 0 Å². The minimum Gasteiger partial charge on any atom is -0.497 e. The van der Waals surface area contributed by atoms with E-state index < -0.39 is 5.82 Å². The van der Waals surface area contributed by atoms with Gasteiger partial charge in [0.1, 0.15) is 11.9 Å². The lowest BCUT2D eigenvalue weighted by Gasteiger charge is -2.43. The van der Waals surface area contributed by atoms with E-state index in [0.717, 1.165) is 44.3 Å². The number of methoxy groups -OCH3 is 1. The van der Waals surface area contributed by atoms with E-state index in [4.69, 9.17) is 15.2 Å². The summed E-state index contributed by atoms with van der Waals surface area (Å²) in [5.41, 5.74) is 8.67. The average Bonchev–Trinajstić information content (AvgIpc) is 2.69. The van der Waals surface area contributed by atoms with E-state index in [9.17, 15) is 4.39 Å². The maximum Gasteiger partial charge on any atom is 0.168 e. The van der Waals surface area contributed by atoms with Gasteiger partial charge in [0.15, 0.2) is 11.6 Å². The van der Waals surface area contributed by atoms with Crippen LogP contribution in [0, 0.1) is 5.82 Å². The van der Waals surface area contributed by atoms with Crippen LogP contribution in [-0.4, -0.2) is 37.2 Å². The first-order valence-corrected chi connectivity index (χ1v) is 9.73. The lowest BCUT2D eigenvalue weighted by atomic mass is 9.84. The van der Waals surface area contributed by atoms with Gasteiger partial charge >= 0.3 is 0 Å². The van der Waals surface area contributed by atoms with Gasteiger partial charge in [0.05, 0.1) is 13.2 Å². The molecule has 3 atom stereocenters. The molecule has 0 radical (unpaired) electrons. The lowest BCUT2D eigenvalue weighted by Crippen LogP contribution is -2.51. The molecule has 0 bridgehead atoms. The van der Waals surface area contributed by atoms with Crippen LogP contribution in [0.3, 0.4) is 0 Å². The SMILES string of the molecule is COc1ccc(O[C@H]2c3ccccc3CC[C@@H]2N2CCC[C@@H](N)C2)c(F)c1. The van der Waals surface area contributed by atoms with E-state index in [1.54, 1.807) is 12.1 Å². The molecule has 0 unspecified atom stereocenters. The largest absolute Gasteiger partial charge is 0.497 e. The third kappa shape index (κ3) is 3.80. The second-order valence-corrected chi connectivity index (χ2v) is 7.54. The summed E-state index contributed by atoms with van der Waals surface area (Å²) in [6.45, 7) is 1.89. The molecule has 1 fully saturated rings. The maximum absolute atomic E-state index is 14.6. The number of ether oxygens (including phenoxy) is 2. The van der Waals surface area contributed by atoms with E-state index in [1.807, 2.05) is 6.07 Å². The first-order chi connectivity index (χ1) is 13.2. The van der Waals surface area contributed by atoms with Gasteiger partial charge in [-0.05, 0) is 55.5 Å². The minimum atomic E-state index is -0.397. The number of fused-ring (bicyclic) bond motifs is 1.